The Morgan fingerprint density at radius 1 is 1.26 bits per heavy atom. The van der Waals surface area contributed by atoms with Gasteiger partial charge in [0.25, 0.3) is 0 Å². The van der Waals surface area contributed by atoms with Gasteiger partial charge in [0, 0.05) is 12.2 Å². The number of nitrogens with zero attached hydrogens (tertiary/aromatic N) is 2. The number of nitrogens with one attached hydrogen (secondary N) is 1. The van der Waals surface area contributed by atoms with E-state index in [0.29, 0.717) is 12.8 Å². The van der Waals surface area contributed by atoms with Crippen molar-refractivity contribution in [3.63, 3.8) is 0 Å². The van der Waals surface area contributed by atoms with E-state index in [1.54, 1.807) is 10.9 Å². The number of carboxylic acid groups (broad SMARTS) is 1. The van der Waals surface area contributed by atoms with Gasteiger partial charge >= 0.3 is 5.97 Å². The van der Waals surface area contributed by atoms with E-state index in [1.807, 2.05) is 36.5 Å². The highest BCUT2D eigenvalue weighted by Gasteiger charge is 2.30. The summed E-state index contributed by atoms with van der Waals surface area (Å²) in [5.74, 6) is -1.19. The van der Waals surface area contributed by atoms with Crippen LogP contribution in [0.3, 0.4) is 0 Å². The highest BCUT2D eigenvalue weighted by Crippen LogP contribution is 2.25. The molecule has 1 fully saturated rings. The van der Waals surface area contributed by atoms with Gasteiger partial charge in [-0.05, 0) is 37.0 Å². The number of para-hydroxylation sites is 1. The number of rotatable bonds is 5. The molecule has 1 heterocycles. The zero-order valence-corrected chi connectivity index (χ0v) is 12.7. The SMILES string of the molecule is O=C(Cc1cnn(-c2ccccc2)c1)N[C@@H]1CC[C@H](C(=O)O)C1. The topological polar surface area (TPSA) is 84.2 Å². The van der Waals surface area contributed by atoms with Gasteiger partial charge in [-0.15, -0.1) is 0 Å². The third-order valence-electron chi connectivity index (χ3n) is 4.17. The van der Waals surface area contributed by atoms with Crippen molar-refractivity contribution in [2.24, 2.45) is 5.92 Å². The molecule has 1 aromatic heterocycles. The Morgan fingerprint density at radius 3 is 2.74 bits per heavy atom. The van der Waals surface area contributed by atoms with E-state index >= 15 is 0 Å². The molecule has 2 aromatic rings. The quantitative estimate of drug-likeness (QED) is 0.881. The van der Waals surface area contributed by atoms with E-state index in [-0.39, 0.29) is 24.3 Å². The summed E-state index contributed by atoms with van der Waals surface area (Å²) in [6, 6.07) is 9.66. The van der Waals surface area contributed by atoms with Crippen LogP contribution in [0.15, 0.2) is 42.7 Å². The molecule has 0 saturated heterocycles. The minimum Gasteiger partial charge on any atom is -0.481 e. The fourth-order valence-corrected chi connectivity index (χ4v) is 2.97. The standard InChI is InChI=1S/C17H19N3O3/c21-16(19-14-7-6-13(9-14)17(22)23)8-12-10-18-20(11-12)15-4-2-1-3-5-15/h1-5,10-11,13-14H,6-9H2,(H,19,21)(H,22,23)/t13-,14+/m0/s1. The molecular formula is C17H19N3O3. The van der Waals surface area contributed by atoms with Crippen LogP contribution in [0, 0.1) is 5.92 Å². The maximum Gasteiger partial charge on any atom is 0.306 e. The lowest BCUT2D eigenvalue weighted by molar-refractivity contribution is -0.141. The first-order chi connectivity index (χ1) is 11.1. The van der Waals surface area contributed by atoms with Gasteiger partial charge in [0.1, 0.15) is 0 Å². The van der Waals surface area contributed by atoms with Crippen LogP contribution >= 0.6 is 0 Å². The van der Waals surface area contributed by atoms with E-state index in [2.05, 4.69) is 10.4 Å². The second-order valence-corrected chi connectivity index (χ2v) is 5.92. The van der Waals surface area contributed by atoms with Crippen molar-refractivity contribution < 1.29 is 14.7 Å². The molecule has 0 radical (unpaired) electrons. The van der Waals surface area contributed by atoms with Crippen molar-refractivity contribution in [3.8, 4) is 5.69 Å². The molecule has 2 N–H and O–H groups in total. The summed E-state index contributed by atoms with van der Waals surface area (Å²) >= 11 is 0. The second-order valence-electron chi connectivity index (χ2n) is 5.92. The number of hydrogen-bond donors (Lipinski definition) is 2. The lowest BCUT2D eigenvalue weighted by Gasteiger charge is -2.11. The van der Waals surface area contributed by atoms with E-state index in [9.17, 15) is 9.59 Å². The Hall–Kier alpha value is -2.63. The molecule has 1 aliphatic carbocycles. The van der Waals surface area contributed by atoms with Crippen LogP contribution in [0.1, 0.15) is 24.8 Å². The predicted molar refractivity (Wildman–Crippen MR) is 84.2 cm³/mol. The van der Waals surface area contributed by atoms with Crippen LogP contribution in [0.25, 0.3) is 5.69 Å². The predicted octanol–water partition coefficient (Wildman–Crippen LogP) is 1.78. The Balaban J connectivity index is 1.55. The van der Waals surface area contributed by atoms with Gasteiger partial charge in [-0.2, -0.15) is 5.10 Å². The molecular weight excluding hydrogens is 294 g/mol. The van der Waals surface area contributed by atoms with Gasteiger partial charge in [-0.25, -0.2) is 4.68 Å². The summed E-state index contributed by atoms with van der Waals surface area (Å²) < 4.78 is 1.73. The molecule has 0 unspecified atom stereocenters. The maximum absolute atomic E-state index is 12.1. The van der Waals surface area contributed by atoms with Crippen LogP contribution in [0.5, 0.6) is 0 Å². The van der Waals surface area contributed by atoms with Gasteiger partial charge in [0.05, 0.1) is 24.2 Å². The van der Waals surface area contributed by atoms with Crippen molar-refractivity contribution in [2.75, 3.05) is 0 Å². The average molecular weight is 313 g/mol. The number of hydrogen-bond acceptors (Lipinski definition) is 3. The fourth-order valence-electron chi connectivity index (χ4n) is 2.97. The highest BCUT2D eigenvalue weighted by atomic mass is 16.4. The van der Waals surface area contributed by atoms with Crippen molar-refractivity contribution in [2.45, 2.75) is 31.7 Å². The van der Waals surface area contributed by atoms with Crippen LogP contribution in [-0.2, 0) is 16.0 Å². The number of carboxylic acids is 1. The monoisotopic (exact) mass is 313 g/mol. The Labute approximate surface area is 134 Å². The van der Waals surface area contributed by atoms with Crippen LogP contribution < -0.4 is 5.32 Å². The van der Waals surface area contributed by atoms with Gasteiger partial charge in [0.2, 0.25) is 5.91 Å². The first-order valence-corrected chi connectivity index (χ1v) is 7.73. The van der Waals surface area contributed by atoms with Crippen molar-refractivity contribution in [1.82, 2.24) is 15.1 Å². The largest absolute Gasteiger partial charge is 0.481 e. The molecule has 0 spiro atoms. The molecule has 0 aliphatic heterocycles. The minimum absolute atomic E-state index is 0.0345. The molecule has 1 aliphatic rings. The summed E-state index contributed by atoms with van der Waals surface area (Å²) in [6.45, 7) is 0. The first kappa shape index (κ1) is 15.3. The third kappa shape index (κ3) is 3.77. The van der Waals surface area contributed by atoms with Crippen molar-refractivity contribution >= 4 is 11.9 Å². The average Bonchev–Trinajstić information content (AvgIpc) is 3.18. The maximum atomic E-state index is 12.1. The Bertz CT molecular complexity index is 696. The van der Waals surface area contributed by atoms with E-state index in [0.717, 1.165) is 17.7 Å². The number of aliphatic carboxylic acids is 1. The fraction of sp³-hybridized carbons (Fsp3) is 0.353. The first-order valence-electron chi connectivity index (χ1n) is 7.73. The van der Waals surface area contributed by atoms with E-state index in [4.69, 9.17) is 5.11 Å². The molecule has 3 rings (SSSR count). The molecule has 120 valence electrons. The van der Waals surface area contributed by atoms with Crippen LogP contribution in [-0.4, -0.2) is 32.8 Å². The molecule has 2 atom stereocenters. The lowest BCUT2D eigenvalue weighted by atomic mass is 10.1. The Morgan fingerprint density at radius 2 is 2.04 bits per heavy atom. The number of carbonyl (C=O) groups excluding carboxylic acids is 1. The zero-order chi connectivity index (χ0) is 16.2. The Kier molecular flexibility index (Phi) is 4.41. The summed E-state index contributed by atoms with van der Waals surface area (Å²) in [5.41, 5.74) is 1.78. The highest BCUT2D eigenvalue weighted by molar-refractivity contribution is 5.79. The summed E-state index contributed by atoms with van der Waals surface area (Å²) in [5, 5.41) is 16.2. The van der Waals surface area contributed by atoms with Gasteiger partial charge in [-0.3, -0.25) is 9.59 Å². The second kappa shape index (κ2) is 6.64. The van der Waals surface area contributed by atoms with Gasteiger partial charge in [0.15, 0.2) is 0 Å². The summed E-state index contributed by atoms with van der Waals surface area (Å²) in [6.07, 6.45) is 5.65. The molecule has 23 heavy (non-hydrogen) atoms. The van der Waals surface area contributed by atoms with Gasteiger partial charge in [-0.1, -0.05) is 18.2 Å². The van der Waals surface area contributed by atoms with Crippen LogP contribution in [0.4, 0.5) is 0 Å². The molecule has 6 nitrogen and oxygen atoms in total. The molecule has 6 heteroatoms. The smallest absolute Gasteiger partial charge is 0.306 e. The summed E-state index contributed by atoms with van der Waals surface area (Å²) in [7, 11) is 0. The van der Waals surface area contributed by atoms with E-state index in [1.165, 1.54) is 0 Å². The van der Waals surface area contributed by atoms with E-state index < -0.39 is 5.97 Å². The molecule has 1 aromatic carbocycles. The molecule has 1 saturated carbocycles. The third-order valence-corrected chi connectivity index (χ3v) is 4.17. The van der Waals surface area contributed by atoms with Gasteiger partial charge < -0.3 is 10.4 Å². The molecule has 1 amide bonds. The molecule has 0 bridgehead atoms. The zero-order valence-electron chi connectivity index (χ0n) is 12.7. The minimum atomic E-state index is -0.772. The number of amides is 1. The van der Waals surface area contributed by atoms with Crippen molar-refractivity contribution in [3.05, 3.63) is 48.3 Å². The number of aromatic nitrogens is 2. The van der Waals surface area contributed by atoms with Crippen molar-refractivity contribution in [1.29, 1.82) is 0 Å². The van der Waals surface area contributed by atoms with Crippen LogP contribution in [0.2, 0.25) is 0 Å². The summed E-state index contributed by atoms with van der Waals surface area (Å²) in [4.78, 5) is 23.0. The normalized spacial score (nSPS) is 20.3. The number of benzene rings is 1. The number of carbonyl (C=O) groups is 2. The lowest BCUT2D eigenvalue weighted by Crippen LogP contribution is -2.34.